The maximum absolute atomic E-state index is 12.4. The molecule has 8 nitrogen and oxygen atoms in total. The first kappa shape index (κ1) is 18.7. The number of amides is 1. The number of likely N-dealkylation sites (N-methyl/N-ethyl adjacent to an activating group) is 1. The van der Waals surface area contributed by atoms with Gasteiger partial charge in [-0.05, 0) is 13.1 Å². The van der Waals surface area contributed by atoms with E-state index in [1.165, 1.54) is 0 Å². The fourth-order valence-electron chi connectivity index (χ4n) is 2.69. The standard InChI is InChI=1S/C16H27N5O3/c1-19(8-9-24-2)13-16(23)21-7-6-20(10-14(22)11-21)12-15-17-4-3-5-18-15/h3-5,14,22H,6-13H2,1-2H3. The third-order valence-corrected chi connectivity index (χ3v) is 4.01. The molecule has 1 saturated heterocycles. The number of aromatic nitrogens is 2. The largest absolute Gasteiger partial charge is 0.390 e. The lowest BCUT2D eigenvalue weighted by atomic mass is 10.3. The van der Waals surface area contributed by atoms with Crippen molar-refractivity contribution in [2.24, 2.45) is 0 Å². The number of carbonyl (C=O) groups excluding carboxylic acids is 1. The molecule has 1 aromatic heterocycles. The van der Waals surface area contributed by atoms with Crippen LogP contribution in [-0.4, -0.2) is 102 Å². The van der Waals surface area contributed by atoms with Gasteiger partial charge in [-0.2, -0.15) is 0 Å². The van der Waals surface area contributed by atoms with Gasteiger partial charge in [0.25, 0.3) is 0 Å². The van der Waals surface area contributed by atoms with Crippen molar-refractivity contribution >= 4 is 5.91 Å². The summed E-state index contributed by atoms with van der Waals surface area (Å²) in [6, 6.07) is 1.78. The predicted octanol–water partition coefficient (Wildman–Crippen LogP) is -0.940. The summed E-state index contributed by atoms with van der Waals surface area (Å²) in [4.78, 5) is 26.6. The van der Waals surface area contributed by atoms with Crippen LogP contribution in [0.4, 0.5) is 0 Å². The smallest absolute Gasteiger partial charge is 0.236 e. The molecule has 24 heavy (non-hydrogen) atoms. The highest BCUT2D eigenvalue weighted by Gasteiger charge is 2.25. The van der Waals surface area contributed by atoms with Gasteiger partial charge in [0.1, 0.15) is 5.82 Å². The number of carbonyl (C=O) groups is 1. The third-order valence-electron chi connectivity index (χ3n) is 4.01. The van der Waals surface area contributed by atoms with E-state index in [1.54, 1.807) is 30.5 Å². The van der Waals surface area contributed by atoms with E-state index in [0.29, 0.717) is 52.4 Å². The van der Waals surface area contributed by atoms with Gasteiger partial charge < -0.3 is 14.7 Å². The Hall–Kier alpha value is -1.61. The summed E-state index contributed by atoms with van der Waals surface area (Å²) in [6.07, 6.45) is 2.86. The monoisotopic (exact) mass is 337 g/mol. The molecule has 1 N–H and O–H groups in total. The van der Waals surface area contributed by atoms with Crippen LogP contribution in [0.5, 0.6) is 0 Å². The van der Waals surface area contributed by atoms with Gasteiger partial charge in [0.15, 0.2) is 0 Å². The summed E-state index contributed by atoms with van der Waals surface area (Å²) in [6.45, 7) is 4.38. The van der Waals surface area contributed by atoms with E-state index in [9.17, 15) is 9.90 Å². The van der Waals surface area contributed by atoms with Crippen LogP contribution in [0.3, 0.4) is 0 Å². The van der Waals surface area contributed by atoms with E-state index >= 15 is 0 Å². The van der Waals surface area contributed by atoms with Crippen molar-refractivity contribution in [2.75, 3.05) is 60.0 Å². The summed E-state index contributed by atoms with van der Waals surface area (Å²) in [7, 11) is 3.54. The van der Waals surface area contributed by atoms with Gasteiger partial charge in [0, 0.05) is 52.2 Å². The molecular weight excluding hydrogens is 310 g/mol. The second kappa shape index (κ2) is 9.63. The van der Waals surface area contributed by atoms with Crippen LogP contribution >= 0.6 is 0 Å². The van der Waals surface area contributed by atoms with Crippen LogP contribution in [0.1, 0.15) is 5.82 Å². The molecule has 0 spiro atoms. The molecule has 0 saturated carbocycles. The number of hydrogen-bond donors (Lipinski definition) is 1. The fraction of sp³-hybridized carbons (Fsp3) is 0.688. The van der Waals surface area contributed by atoms with Crippen LogP contribution in [-0.2, 0) is 16.1 Å². The number of aliphatic hydroxyl groups is 1. The zero-order valence-electron chi connectivity index (χ0n) is 14.5. The van der Waals surface area contributed by atoms with E-state index in [1.807, 2.05) is 11.9 Å². The molecule has 1 aromatic rings. The minimum absolute atomic E-state index is 0.0328. The first-order valence-electron chi connectivity index (χ1n) is 8.20. The van der Waals surface area contributed by atoms with Gasteiger partial charge >= 0.3 is 0 Å². The molecule has 1 aliphatic heterocycles. The molecule has 0 aromatic carbocycles. The summed E-state index contributed by atoms with van der Waals surface area (Å²) in [5.74, 6) is 0.759. The molecule has 0 bridgehead atoms. The Kier molecular flexibility index (Phi) is 7.51. The van der Waals surface area contributed by atoms with E-state index < -0.39 is 6.10 Å². The Bertz CT molecular complexity index is 502. The molecule has 2 rings (SSSR count). The molecule has 0 radical (unpaired) electrons. The topological polar surface area (TPSA) is 82.0 Å². The van der Waals surface area contributed by atoms with Crippen molar-refractivity contribution in [1.29, 1.82) is 0 Å². The number of ether oxygens (including phenoxy) is 1. The van der Waals surface area contributed by atoms with Gasteiger partial charge in [0.2, 0.25) is 5.91 Å². The molecule has 1 atom stereocenters. The first-order chi connectivity index (χ1) is 11.6. The second-order valence-corrected chi connectivity index (χ2v) is 6.12. The molecule has 8 heteroatoms. The summed E-state index contributed by atoms with van der Waals surface area (Å²) in [5.41, 5.74) is 0. The molecule has 134 valence electrons. The molecule has 1 aliphatic rings. The van der Waals surface area contributed by atoms with E-state index in [0.717, 1.165) is 5.82 Å². The second-order valence-electron chi connectivity index (χ2n) is 6.12. The van der Waals surface area contributed by atoms with Gasteiger partial charge in [-0.15, -0.1) is 0 Å². The molecule has 0 aliphatic carbocycles. The normalized spacial score (nSPS) is 19.5. The van der Waals surface area contributed by atoms with Crippen molar-refractivity contribution in [2.45, 2.75) is 12.6 Å². The molecule has 1 unspecified atom stereocenters. The van der Waals surface area contributed by atoms with Gasteiger partial charge in [-0.1, -0.05) is 0 Å². The highest BCUT2D eigenvalue weighted by atomic mass is 16.5. The van der Waals surface area contributed by atoms with E-state index in [4.69, 9.17) is 4.74 Å². The zero-order valence-corrected chi connectivity index (χ0v) is 14.5. The fourth-order valence-corrected chi connectivity index (χ4v) is 2.69. The zero-order chi connectivity index (χ0) is 17.4. The minimum Gasteiger partial charge on any atom is -0.390 e. The van der Waals surface area contributed by atoms with Gasteiger partial charge in [-0.3, -0.25) is 14.6 Å². The summed E-state index contributed by atoms with van der Waals surface area (Å²) in [5, 5.41) is 10.2. The number of rotatable bonds is 7. The first-order valence-corrected chi connectivity index (χ1v) is 8.20. The van der Waals surface area contributed by atoms with Crippen molar-refractivity contribution in [3.63, 3.8) is 0 Å². The van der Waals surface area contributed by atoms with Crippen molar-refractivity contribution in [3.05, 3.63) is 24.3 Å². The van der Waals surface area contributed by atoms with Gasteiger partial charge in [-0.25, -0.2) is 9.97 Å². The lowest BCUT2D eigenvalue weighted by molar-refractivity contribution is -0.133. The van der Waals surface area contributed by atoms with Crippen molar-refractivity contribution < 1.29 is 14.6 Å². The minimum atomic E-state index is -0.565. The Morgan fingerprint density at radius 2 is 2.12 bits per heavy atom. The molecule has 1 fully saturated rings. The number of hydrogen-bond acceptors (Lipinski definition) is 7. The third kappa shape index (κ3) is 6.12. The number of aliphatic hydroxyl groups excluding tert-OH is 1. The van der Waals surface area contributed by atoms with Gasteiger partial charge in [0.05, 0.1) is 25.8 Å². The Labute approximate surface area is 143 Å². The lowest BCUT2D eigenvalue weighted by Gasteiger charge is -2.24. The lowest BCUT2D eigenvalue weighted by Crippen LogP contribution is -2.43. The number of methoxy groups -OCH3 is 1. The maximum atomic E-state index is 12.4. The van der Waals surface area contributed by atoms with Crippen LogP contribution in [0, 0.1) is 0 Å². The average molecular weight is 337 g/mol. The number of β-amino-alcohol motifs (C(OH)–C–C–N with tert-alkyl or cyclic N) is 1. The Morgan fingerprint density at radius 3 is 2.83 bits per heavy atom. The molecular formula is C16H27N5O3. The van der Waals surface area contributed by atoms with Crippen molar-refractivity contribution in [1.82, 2.24) is 24.7 Å². The van der Waals surface area contributed by atoms with Crippen LogP contribution in [0.2, 0.25) is 0 Å². The number of nitrogens with zero attached hydrogens (tertiary/aromatic N) is 5. The predicted molar refractivity (Wildman–Crippen MR) is 89.3 cm³/mol. The van der Waals surface area contributed by atoms with Crippen molar-refractivity contribution in [3.8, 4) is 0 Å². The van der Waals surface area contributed by atoms with E-state index in [-0.39, 0.29) is 5.91 Å². The van der Waals surface area contributed by atoms with Crippen LogP contribution < -0.4 is 0 Å². The Balaban J connectivity index is 1.85. The SMILES string of the molecule is COCCN(C)CC(=O)N1CCN(Cc2ncccn2)CC(O)C1. The highest BCUT2D eigenvalue weighted by Crippen LogP contribution is 2.07. The summed E-state index contributed by atoms with van der Waals surface area (Å²) < 4.78 is 5.02. The quantitative estimate of drug-likeness (QED) is 0.688. The summed E-state index contributed by atoms with van der Waals surface area (Å²) >= 11 is 0. The highest BCUT2D eigenvalue weighted by molar-refractivity contribution is 5.78. The average Bonchev–Trinajstić information content (AvgIpc) is 2.75. The molecule has 1 amide bonds. The maximum Gasteiger partial charge on any atom is 0.236 e. The molecule has 2 heterocycles. The van der Waals surface area contributed by atoms with Crippen LogP contribution in [0.15, 0.2) is 18.5 Å². The van der Waals surface area contributed by atoms with Crippen LogP contribution in [0.25, 0.3) is 0 Å². The Morgan fingerprint density at radius 1 is 1.38 bits per heavy atom. The van der Waals surface area contributed by atoms with E-state index in [2.05, 4.69) is 14.9 Å².